The van der Waals surface area contributed by atoms with E-state index < -0.39 is 0 Å². The van der Waals surface area contributed by atoms with Gasteiger partial charge in [-0.2, -0.15) is 4.98 Å². The van der Waals surface area contributed by atoms with Crippen LogP contribution >= 0.6 is 15.9 Å². The summed E-state index contributed by atoms with van der Waals surface area (Å²) in [5, 5.41) is 0. The molecule has 0 saturated carbocycles. The van der Waals surface area contributed by atoms with Crippen molar-refractivity contribution in [2.75, 3.05) is 24.8 Å². The van der Waals surface area contributed by atoms with Gasteiger partial charge in [-0.3, -0.25) is 0 Å². The van der Waals surface area contributed by atoms with Gasteiger partial charge in [0.05, 0.1) is 12.8 Å². The molecule has 0 aliphatic carbocycles. The van der Waals surface area contributed by atoms with E-state index in [1.165, 1.54) is 0 Å². The minimum Gasteiger partial charge on any atom is -0.495 e. The molecule has 18 heavy (non-hydrogen) atoms. The lowest BCUT2D eigenvalue weighted by atomic mass is 10.3. The van der Waals surface area contributed by atoms with Gasteiger partial charge in [-0.1, -0.05) is 12.1 Å². The summed E-state index contributed by atoms with van der Waals surface area (Å²) in [4.78, 5) is 10.3. The van der Waals surface area contributed by atoms with Crippen molar-refractivity contribution in [2.24, 2.45) is 0 Å². The maximum absolute atomic E-state index is 5.71. The molecule has 2 rings (SSSR count). The molecule has 5 nitrogen and oxygen atoms in total. The van der Waals surface area contributed by atoms with Gasteiger partial charge in [0.15, 0.2) is 0 Å². The quantitative estimate of drug-likeness (QED) is 0.883. The number of methoxy groups -OCH3 is 1. The maximum atomic E-state index is 5.71. The number of nitrogen functional groups attached to an aromatic ring is 1. The first-order chi connectivity index (χ1) is 8.61. The van der Waals surface area contributed by atoms with Crippen molar-refractivity contribution in [3.05, 3.63) is 34.9 Å². The van der Waals surface area contributed by atoms with Crippen molar-refractivity contribution in [1.29, 1.82) is 0 Å². The lowest BCUT2D eigenvalue weighted by molar-refractivity contribution is 0.415. The molecule has 1 aromatic heterocycles. The van der Waals surface area contributed by atoms with Crippen LogP contribution in [0.2, 0.25) is 0 Å². The number of benzene rings is 1. The van der Waals surface area contributed by atoms with Crippen LogP contribution in [0.1, 0.15) is 0 Å². The molecular weight excluding hydrogens is 296 g/mol. The van der Waals surface area contributed by atoms with Gasteiger partial charge in [0, 0.05) is 13.1 Å². The van der Waals surface area contributed by atoms with E-state index in [0.717, 1.165) is 11.4 Å². The van der Waals surface area contributed by atoms with Crippen molar-refractivity contribution in [3.63, 3.8) is 0 Å². The summed E-state index contributed by atoms with van der Waals surface area (Å²) in [6.07, 6.45) is 0. The standard InChI is InChI=1S/C12H13BrN4O/c1-17(8-5-3-4-6-9(8)18-2)12-15-10(13)7-11(14)16-12/h3-7H,1-2H3,(H2,14,15,16). The third kappa shape index (κ3) is 2.53. The van der Waals surface area contributed by atoms with Crippen molar-refractivity contribution >= 4 is 33.4 Å². The summed E-state index contributed by atoms with van der Waals surface area (Å²) in [5.41, 5.74) is 6.58. The molecule has 2 aromatic rings. The number of rotatable bonds is 3. The summed E-state index contributed by atoms with van der Waals surface area (Å²) in [6.45, 7) is 0. The first-order valence-corrected chi connectivity index (χ1v) is 6.08. The highest BCUT2D eigenvalue weighted by atomic mass is 79.9. The fraction of sp³-hybridized carbons (Fsp3) is 0.167. The first kappa shape index (κ1) is 12.6. The molecule has 0 atom stereocenters. The van der Waals surface area contributed by atoms with E-state index >= 15 is 0 Å². The molecule has 1 heterocycles. The summed E-state index contributed by atoms with van der Waals surface area (Å²) < 4.78 is 5.95. The van der Waals surface area contributed by atoms with Gasteiger partial charge in [0.25, 0.3) is 0 Å². The van der Waals surface area contributed by atoms with Crippen molar-refractivity contribution in [3.8, 4) is 5.75 Å². The Hall–Kier alpha value is -1.82. The van der Waals surface area contributed by atoms with Gasteiger partial charge in [0.2, 0.25) is 5.95 Å². The molecule has 0 amide bonds. The highest BCUT2D eigenvalue weighted by molar-refractivity contribution is 9.10. The summed E-state index contributed by atoms with van der Waals surface area (Å²) in [7, 11) is 3.49. The van der Waals surface area contributed by atoms with Crippen LogP contribution in [-0.4, -0.2) is 24.1 Å². The molecule has 0 unspecified atom stereocenters. The maximum Gasteiger partial charge on any atom is 0.232 e. The number of ether oxygens (including phenoxy) is 1. The van der Waals surface area contributed by atoms with E-state index in [1.807, 2.05) is 36.2 Å². The smallest absolute Gasteiger partial charge is 0.232 e. The Kier molecular flexibility index (Phi) is 3.66. The zero-order chi connectivity index (χ0) is 13.1. The van der Waals surface area contributed by atoms with Crippen LogP contribution in [0.15, 0.2) is 34.9 Å². The zero-order valence-corrected chi connectivity index (χ0v) is 11.7. The number of para-hydroxylation sites is 2. The van der Waals surface area contributed by atoms with Gasteiger partial charge >= 0.3 is 0 Å². The average Bonchev–Trinajstić information content (AvgIpc) is 2.36. The monoisotopic (exact) mass is 308 g/mol. The Morgan fingerprint density at radius 3 is 2.67 bits per heavy atom. The van der Waals surface area contributed by atoms with E-state index in [4.69, 9.17) is 10.5 Å². The summed E-state index contributed by atoms with van der Waals surface area (Å²) in [5.74, 6) is 1.67. The van der Waals surface area contributed by atoms with Crippen LogP contribution in [-0.2, 0) is 0 Å². The van der Waals surface area contributed by atoms with Crippen LogP contribution < -0.4 is 15.4 Å². The Morgan fingerprint density at radius 1 is 1.28 bits per heavy atom. The predicted molar refractivity (Wildman–Crippen MR) is 75.2 cm³/mol. The fourth-order valence-electron chi connectivity index (χ4n) is 1.59. The second-order valence-electron chi connectivity index (χ2n) is 3.65. The number of nitrogens with zero attached hydrogens (tertiary/aromatic N) is 3. The minimum absolute atomic E-state index is 0.411. The molecule has 0 aliphatic heterocycles. The van der Waals surface area contributed by atoms with E-state index in [2.05, 4.69) is 25.9 Å². The number of hydrogen-bond acceptors (Lipinski definition) is 5. The third-order valence-electron chi connectivity index (χ3n) is 2.45. The van der Waals surface area contributed by atoms with Crippen LogP contribution in [0, 0.1) is 0 Å². The molecule has 0 saturated heterocycles. The molecule has 2 N–H and O–H groups in total. The van der Waals surface area contributed by atoms with Crippen LogP contribution in [0.4, 0.5) is 17.5 Å². The molecule has 1 aromatic carbocycles. The molecule has 6 heteroatoms. The second-order valence-corrected chi connectivity index (χ2v) is 4.46. The molecule has 0 fully saturated rings. The van der Waals surface area contributed by atoms with E-state index in [-0.39, 0.29) is 0 Å². The number of aromatic nitrogens is 2. The third-order valence-corrected chi connectivity index (χ3v) is 2.86. The second kappa shape index (κ2) is 5.22. The Morgan fingerprint density at radius 2 is 2.00 bits per heavy atom. The summed E-state index contributed by atoms with van der Waals surface area (Å²) in [6, 6.07) is 9.30. The van der Waals surface area contributed by atoms with Gasteiger partial charge in [-0.15, -0.1) is 0 Å². The fourth-order valence-corrected chi connectivity index (χ4v) is 1.98. The van der Waals surface area contributed by atoms with Gasteiger partial charge in [-0.25, -0.2) is 4.98 Å². The van der Waals surface area contributed by atoms with Gasteiger partial charge in [-0.05, 0) is 28.1 Å². The van der Waals surface area contributed by atoms with E-state index in [9.17, 15) is 0 Å². The highest BCUT2D eigenvalue weighted by Crippen LogP contribution is 2.31. The number of hydrogen-bond donors (Lipinski definition) is 1. The highest BCUT2D eigenvalue weighted by Gasteiger charge is 2.12. The average molecular weight is 309 g/mol. The normalized spacial score (nSPS) is 10.2. The minimum atomic E-state index is 0.411. The Bertz CT molecular complexity index is 541. The van der Waals surface area contributed by atoms with Gasteiger partial charge in [0.1, 0.15) is 16.2 Å². The largest absolute Gasteiger partial charge is 0.495 e. The summed E-state index contributed by atoms with van der Waals surface area (Å²) >= 11 is 3.30. The first-order valence-electron chi connectivity index (χ1n) is 5.28. The Balaban J connectivity index is 2.44. The van der Waals surface area contributed by atoms with E-state index in [1.54, 1.807) is 13.2 Å². The van der Waals surface area contributed by atoms with Crippen LogP contribution in [0.3, 0.4) is 0 Å². The van der Waals surface area contributed by atoms with Crippen LogP contribution in [0.5, 0.6) is 5.75 Å². The molecule has 0 bridgehead atoms. The Labute approximate surface area is 114 Å². The number of nitrogens with two attached hydrogens (primary N) is 1. The topological polar surface area (TPSA) is 64.3 Å². The van der Waals surface area contributed by atoms with Gasteiger partial charge < -0.3 is 15.4 Å². The SMILES string of the molecule is COc1ccccc1N(C)c1nc(N)cc(Br)n1. The van der Waals surface area contributed by atoms with Crippen LogP contribution in [0.25, 0.3) is 0 Å². The number of anilines is 3. The van der Waals surface area contributed by atoms with Crippen molar-refractivity contribution in [2.45, 2.75) is 0 Å². The molecule has 0 radical (unpaired) electrons. The van der Waals surface area contributed by atoms with Crippen molar-refractivity contribution < 1.29 is 4.74 Å². The van der Waals surface area contributed by atoms with Crippen molar-refractivity contribution in [1.82, 2.24) is 9.97 Å². The zero-order valence-electron chi connectivity index (χ0n) is 10.1. The number of halogens is 1. The molecule has 94 valence electrons. The molecule has 0 aliphatic rings. The predicted octanol–water partition coefficient (Wildman–Crippen LogP) is 2.60. The molecule has 0 spiro atoms. The lowest BCUT2D eigenvalue weighted by Crippen LogP contribution is -2.14. The lowest BCUT2D eigenvalue weighted by Gasteiger charge is -2.19. The van der Waals surface area contributed by atoms with E-state index in [0.29, 0.717) is 16.4 Å². The molecular formula is C12H13BrN4O.